The first-order chi connectivity index (χ1) is 19.8. The van der Waals surface area contributed by atoms with Gasteiger partial charge in [0.2, 0.25) is 17.7 Å². The maximum atomic E-state index is 13.2. The molecule has 0 bridgehead atoms. The molecule has 1 aromatic heterocycles. The quantitative estimate of drug-likeness (QED) is 0.0512. The summed E-state index contributed by atoms with van der Waals surface area (Å²) in [5, 5.41) is 35.4. The van der Waals surface area contributed by atoms with Crippen molar-refractivity contribution in [2.45, 2.75) is 56.3 Å². The molecule has 2 aromatic rings. The second-order valence-corrected chi connectivity index (χ2v) is 9.33. The van der Waals surface area contributed by atoms with Crippen molar-refractivity contribution in [3.05, 3.63) is 48.0 Å². The molecule has 17 nitrogen and oxygen atoms in total. The fourth-order valence-electron chi connectivity index (χ4n) is 3.75. The lowest BCUT2D eigenvalue weighted by molar-refractivity contribution is -0.143. The number of carboxylic acid groups (broad SMARTS) is 2. The number of nitrogens with zero attached hydrogens (tertiary/aromatic N) is 2. The van der Waals surface area contributed by atoms with E-state index in [1.807, 2.05) is 0 Å². The Hall–Kier alpha value is -5.19. The smallest absolute Gasteiger partial charge is 0.326 e. The lowest BCUT2D eigenvalue weighted by Gasteiger charge is -2.24. The summed E-state index contributed by atoms with van der Waals surface area (Å²) in [6.07, 6.45) is 2.14. The van der Waals surface area contributed by atoms with Crippen LogP contribution in [0, 0.1) is 0 Å². The van der Waals surface area contributed by atoms with E-state index < -0.39 is 60.2 Å². The third-order valence-electron chi connectivity index (χ3n) is 5.92. The molecule has 228 valence electrons. The molecule has 0 radical (unpaired) electrons. The number of H-pyrrole nitrogens is 1. The fourth-order valence-corrected chi connectivity index (χ4v) is 3.75. The summed E-state index contributed by atoms with van der Waals surface area (Å²) in [6.45, 7) is 0.234. The van der Waals surface area contributed by atoms with Crippen LogP contribution in [0.5, 0.6) is 5.75 Å². The van der Waals surface area contributed by atoms with Crippen LogP contribution in [0.25, 0.3) is 0 Å². The number of guanidine groups is 1. The van der Waals surface area contributed by atoms with Gasteiger partial charge in [0.25, 0.3) is 0 Å². The molecule has 2 rings (SSSR count). The predicted molar refractivity (Wildman–Crippen MR) is 148 cm³/mol. The Kier molecular flexibility index (Phi) is 12.7. The summed E-state index contributed by atoms with van der Waals surface area (Å²) in [6, 6.07) is 0.0912. The van der Waals surface area contributed by atoms with Gasteiger partial charge in [0.15, 0.2) is 5.96 Å². The molecule has 42 heavy (non-hydrogen) atoms. The Morgan fingerprint density at radius 3 is 2.10 bits per heavy atom. The number of nitrogens with two attached hydrogens (primary N) is 3. The summed E-state index contributed by atoms with van der Waals surface area (Å²) in [5.74, 6) is -5.69. The van der Waals surface area contributed by atoms with Crippen LogP contribution >= 0.6 is 0 Å². The number of hydrogen-bond donors (Lipinski definition) is 10. The van der Waals surface area contributed by atoms with Crippen molar-refractivity contribution in [3.8, 4) is 5.75 Å². The maximum Gasteiger partial charge on any atom is 0.326 e. The monoisotopic (exact) mass is 589 g/mol. The van der Waals surface area contributed by atoms with Gasteiger partial charge in [-0.2, -0.15) is 0 Å². The number of aliphatic carboxylic acids is 2. The Bertz CT molecular complexity index is 1250. The first kappa shape index (κ1) is 33.0. The molecule has 0 saturated heterocycles. The fraction of sp³-hybridized carbons (Fsp3) is 0.400. The van der Waals surface area contributed by atoms with Crippen molar-refractivity contribution in [1.82, 2.24) is 25.9 Å². The minimum Gasteiger partial charge on any atom is -0.508 e. The standard InChI is InChI=1S/C25H35N9O8/c26-16(2-1-7-30-25(27)28)21(38)32-17(9-14-11-29-12-31-14)22(39)33-18(10-20(36)37)23(40)34-19(24(41)42)8-13-3-5-15(35)6-4-13/h3-6,11-12,16-19,35H,1-2,7-10,26H2,(H,29,31)(H,32,38)(H,33,39)(H,34,40)(H,36,37)(H,41,42)(H4,27,28,30). The van der Waals surface area contributed by atoms with Crippen molar-refractivity contribution in [3.63, 3.8) is 0 Å². The van der Waals surface area contributed by atoms with E-state index in [1.54, 1.807) is 0 Å². The first-order valence-electron chi connectivity index (χ1n) is 12.8. The molecule has 4 unspecified atom stereocenters. The largest absolute Gasteiger partial charge is 0.508 e. The molecule has 1 aromatic carbocycles. The summed E-state index contributed by atoms with van der Waals surface area (Å²) < 4.78 is 0. The Morgan fingerprint density at radius 2 is 1.52 bits per heavy atom. The zero-order valence-electron chi connectivity index (χ0n) is 22.5. The highest BCUT2D eigenvalue weighted by Gasteiger charge is 2.32. The predicted octanol–water partition coefficient (Wildman–Crippen LogP) is -2.70. The summed E-state index contributed by atoms with van der Waals surface area (Å²) in [7, 11) is 0. The van der Waals surface area contributed by atoms with Gasteiger partial charge in [-0.25, -0.2) is 9.78 Å². The number of carbonyl (C=O) groups is 5. The van der Waals surface area contributed by atoms with Crippen molar-refractivity contribution in [2.75, 3.05) is 6.54 Å². The zero-order valence-corrected chi connectivity index (χ0v) is 22.5. The number of hydrogen-bond acceptors (Lipinski definition) is 9. The number of carboxylic acids is 2. The highest BCUT2D eigenvalue weighted by Crippen LogP contribution is 2.12. The molecule has 0 fully saturated rings. The van der Waals surface area contributed by atoms with Gasteiger partial charge in [0, 0.05) is 31.3 Å². The van der Waals surface area contributed by atoms with Crippen LogP contribution in [0.3, 0.4) is 0 Å². The van der Waals surface area contributed by atoms with Crippen LogP contribution in [0.15, 0.2) is 41.8 Å². The number of carbonyl (C=O) groups excluding carboxylic acids is 3. The maximum absolute atomic E-state index is 13.2. The SMILES string of the molecule is NC(N)=NCCCC(N)C(=O)NC(Cc1cnc[nH]1)C(=O)NC(CC(=O)O)C(=O)NC(Cc1ccc(O)cc1)C(=O)O. The van der Waals surface area contributed by atoms with Crippen LogP contribution in [-0.2, 0) is 36.8 Å². The number of phenolic OH excluding ortho intramolecular Hbond substituents is 1. The number of aromatic hydroxyl groups is 1. The number of aromatic nitrogens is 2. The van der Waals surface area contributed by atoms with Crippen molar-refractivity contribution in [2.24, 2.45) is 22.2 Å². The molecule has 0 aliphatic heterocycles. The molecule has 1 heterocycles. The van der Waals surface area contributed by atoms with Crippen LogP contribution in [0.2, 0.25) is 0 Å². The van der Waals surface area contributed by atoms with E-state index in [4.69, 9.17) is 17.2 Å². The number of phenols is 1. The lowest BCUT2D eigenvalue weighted by Crippen LogP contribution is -2.58. The minimum absolute atomic E-state index is 0.0393. The van der Waals surface area contributed by atoms with E-state index in [0.29, 0.717) is 17.7 Å². The van der Waals surface area contributed by atoms with Crippen molar-refractivity contribution >= 4 is 35.6 Å². The number of aliphatic imine (C=N–C) groups is 1. The van der Waals surface area contributed by atoms with E-state index >= 15 is 0 Å². The van der Waals surface area contributed by atoms with Crippen LogP contribution < -0.4 is 33.2 Å². The molecule has 0 aliphatic carbocycles. The summed E-state index contributed by atoms with van der Waals surface area (Å²) in [4.78, 5) is 72.7. The third-order valence-corrected chi connectivity index (χ3v) is 5.92. The van der Waals surface area contributed by atoms with Crippen LogP contribution in [-0.4, -0.2) is 91.6 Å². The van der Waals surface area contributed by atoms with Crippen molar-refractivity contribution in [1.29, 1.82) is 0 Å². The second-order valence-electron chi connectivity index (χ2n) is 9.33. The average molecular weight is 590 g/mol. The molecule has 0 saturated carbocycles. The van der Waals surface area contributed by atoms with E-state index in [9.17, 15) is 39.3 Å². The molecule has 0 aliphatic rings. The molecule has 3 amide bonds. The van der Waals surface area contributed by atoms with Gasteiger partial charge in [-0.1, -0.05) is 12.1 Å². The lowest BCUT2D eigenvalue weighted by atomic mass is 10.0. The average Bonchev–Trinajstić information content (AvgIpc) is 3.43. The van der Waals surface area contributed by atoms with E-state index in [2.05, 4.69) is 30.9 Å². The third kappa shape index (κ3) is 11.5. The minimum atomic E-state index is -1.69. The molecule has 4 atom stereocenters. The Morgan fingerprint density at radius 1 is 0.905 bits per heavy atom. The van der Waals surface area contributed by atoms with E-state index in [-0.39, 0.29) is 37.5 Å². The first-order valence-corrected chi connectivity index (χ1v) is 12.8. The highest BCUT2D eigenvalue weighted by atomic mass is 16.4. The van der Waals surface area contributed by atoms with Gasteiger partial charge >= 0.3 is 11.9 Å². The molecular formula is C25H35N9O8. The van der Waals surface area contributed by atoms with Crippen molar-refractivity contribution < 1.29 is 39.3 Å². The molecule has 13 N–H and O–H groups in total. The van der Waals surface area contributed by atoms with E-state index in [1.165, 1.54) is 36.8 Å². The van der Waals surface area contributed by atoms with E-state index in [0.717, 1.165) is 0 Å². The highest BCUT2D eigenvalue weighted by molar-refractivity contribution is 5.95. The summed E-state index contributed by atoms with van der Waals surface area (Å²) >= 11 is 0. The number of rotatable bonds is 17. The zero-order chi connectivity index (χ0) is 31.2. The van der Waals surface area contributed by atoms with Gasteiger partial charge in [0.05, 0.1) is 18.8 Å². The molecular weight excluding hydrogens is 554 g/mol. The van der Waals surface area contributed by atoms with Gasteiger partial charge in [-0.05, 0) is 30.5 Å². The van der Waals surface area contributed by atoms with Gasteiger partial charge in [-0.15, -0.1) is 0 Å². The number of nitrogens with one attached hydrogen (secondary N) is 4. The van der Waals surface area contributed by atoms with Crippen LogP contribution in [0.1, 0.15) is 30.5 Å². The van der Waals surface area contributed by atoms with Gasteiger partial charge < -0.3 is 53.5 Å². The van der Waals surface area contributed by atoms with Gasteiger partial charge in [0.1, 0.15) is 23.9 Å². The van der Waals surface area contributed by atoms with Gasteiger partial charge in [-0.3, -0.25) is 24.2 Å². The Balaban J connectivity index is 2.15. The summed E-state index contributed by atoms with van der Waals surface area (Å²) in [5.41, 5.74) is 17.4. The topological polar surface area (TPSA) is 301 Å². The molecule has 0 spiro atoms. The van der Waals surface area contributed by atoms with Crippen LogP contribution in [0.4, 0.5) is 0 Å². The second kappa shape index (κ2) is 16.2. The normalized spacial score (nSPS) is 13.5. The Labute approximate surface area is 240 Å². The number of amides is 3. The number of imidazole rings is 1. The number of benzene rings is 1. The number of aromatic amines is 1. The molecule has 17 heteroatoms.